The smallest absolute Gasteiger partial charge is 0.251 e. The van der Waals surface area contributed by atoms with Gasteiger partial charge in [0.25, 0.3) is 5.91 Å². The quantitative estimate of drug-likeness (QED) is 0.651. The summed E-state index contributed by atoms with van der Waals surface area (Å²) in [5, 5.41) is 21.0. The van der Waals surface area contributed by atoms with Gasteiger partial charge in [0.05, 0.1) is 6.54 Å². The molecule has 1 rings (SSSR count). The topological polar surface area (TPSA) is 88.0 Å². The highest BCUT2D eigenvalue weighted by Crippen LogP contribution is 2.20. The lowest BCUT2D eigenvalue weighted by atomic mass is 10.2. The highest BCUT2D eigenvalue weighted by atomic mass is 16.7. The van der Waals surface area contributed by atoms with Crippen molar-refractivity contribution < 1.29 is 24.5 Å². The minimum Gasteiger partial charge on any atom is -0.508 e. The molecule has 0 aliphatic rings. The molecule has 0 fully saturated rings. The molecule has 1 aromatic rings. The van der Waals surface area contributed by atoms with Gasteiger partial charge in [0.2, 0.25) is 0 Å². The largest absolute Gasteiger partial charge is 0.508 e. The molecule has 1 amide bonds. The summed E-state index contributed by atoms with van der Waals surface area (Å²) in [7, 11) is 2.92. The first kappa shape index (κ1) is 13.3. The van der Waals surface area contributed by atoms with E-state index in [-0.39, 0.29) is 23.6 Å². The van der Waals surface area contributed by atoms with E-state index in [0.29, 0.717) is 0 Å². The molecule has 17 heavy (non-hydrogen) atoms. The molecule has 0 bridgehead atoms. The zero-order chi connectivity index (χ0) is 12.8. The third-order valence-corrected chi connectivity index (χ3v) is 2.12. The van der Waals surface area contributed by atoms with Crippen LogP contribution in [-0.4, -0.2) is 43.2 Å². The summed E-state index contributed by atoms with van der Waals surface area (Å²) >= 11 is 0. The number of carbonyl (C=O) groups is 1. The third-order valence-electron chi connectivity index (χ3n) is 2.12. The first-order valence-electron chi connectivity index (χ1n) is 4.93. The average molecular weight is 241 g/mol. The molecule has 3 N–H and O–H groups in total. The predicted octanol–water partition coefficient (Wildman–Crippen LogP) is 0.447. The van der Waals surface area contributed by atoms with Gasteiger partial charge in [-0.05, 0) is 12.1 Å². The van der Waals surface area contributed by atoms with E-state index in [1.807, 2.05) is 0 Å². The minimum absolute atomic E-state index is 0.161. The monoisotopic (exact) mass is 241 g/mol. The van der Waals surface area contributed by atoms with Crippen LogP contribution < -0.4 is 5.32 Å². The molecule has 0 spiro atoms. The van der Waals surface area contributed by atoms with Crippen LogP contribution in [0, 0.1) is 0 Å². The van der Waals surface area contributed by atoms with Gasteiger partial charge in [0.15, 0.2) is 6.29 Å². The van der Waals surface area contributed by atoms with Gasteiger partial charge < -0.3 is 25.0 Å². The van der Waals surface area contributed by atoms with E-state index in [1.54, 1.807) is 0 Å². The number of carbonyl (C=O) groups excluding carboxylic acids is 1. The lowest BCUT2D eigenvalue weighted by Gasteiger charge is -2.14. The van der Waals surface area contributed by atoms with E-state index in [0.717, 1.165) is 6.07 Å². The Labute approximate surface area is 98.8 Å². The number of rotatable bonds is 5. The Morgan fingerprint density at radius 3 is 2.24 bits per heavy atom. The molecule has 0 aliphatic heterocycles. The normalized spacial score (nSPS) is 10.5. The second-order valence-corrected chi connectivity index (χ2v) is 3.35. The SMILES string of the molecule is COC(CNC(=O)c1cc(O)cc(O)c1)OC. The Morgan fingerprint density at radius 1 is 1.24 bits per heavy atom. The first-order valence-corrected chi connectivity index (χ1v) is 4.93. The molecule has 0 unspecified atom stereocenters. The predicted molar refractivity (Wildman–Crippen MR) is 59.9 cm³/mol. The highest BCUT2D eigenvalue weighted by molar-refractivity contribution is 5.95. The Morgan fingerprint density at radius 2 is 1.76 bits per heavy atom. The van der Waals surface area contributed by atoms with Crippen molar-refractivity contribution in [3.8, 4) is 11.5 Å². The van der Waals surface area contributed by atoms with Crippen molar-refractivity contribution in [3.05, 3.63) is 23.8 Å². The van der Waals surface area contributed by atoms with Crippen molar-refractivity contribution in [3.63, 3.8) is 0 Å². The number of hydrogen-bond donors (Lipinski definition) is 3. The lowest BCUT2D eigenvalue weighted by molar-refractivity contribution is -0.0974. The van der Waals surface area contributed by atoms with Crippen LogP contribution in [0.15, 0.2) is 18.2 Å². The van der Waals surface area contributed by atoms with Gasteiger partial charge in [-0.3, -0.25) is 4.79 Å². The summed E-state index contributed by atoms with van der Waals surface area (Å²) in [4.78, 5) is 11.6. The Hall–Kier alpha value is -1.79. The summed E-state index contributed by atoms with van der Waals surface area (Å²) in [5.41, 5.74) is 0.161. The number of amides is 1. The fourth-order valence-corrected chi connectivity index (χ4v) is 1.27. The summed E-state index contributed by atoms with van der Waals surface area (Å²) < 4.78 is 9.79. The van der Waals surface area contributed by atoms with Crippen LogP contribution in [0.2, 0.25) is 0 Å². The van der Waals surface area contributed by atoms with Gasteiger partial charge in [-0.15, -0.1) is 0 Å². The van der Waals surface area contributed by atoms with Crippen LogP contribution in [0.3, 0.4) is 0 Å². The second kappa shape index (κ2) is 6.07. The standard InChI is InChI=1S/C11H15NO5/c1-16-10(17-2)6-12-11(15)7-3-8(13)5-9(14)4-7/h3-5,10,13-14H,6H2,1-2H3,(H,12,15). The number of hydrogen-bond acceptors (Lipinski definition) is 5. The van der Waals surface area contributed by atoms with E-state index in [9.17, 15) is 15.0 Å². The number of phenols is 2. The number of ether oxygens (including phenoxy) is 2. The van der Waals surface area contributed by atoms with Crippen LogP contribution in [-0.2, 0) is 9.47 Å². The molecule has 0 saturated carbocycles. The van der Waals surface area contributed by atoms with Gasteiger partial charge in [0, 0.05) is 25.8 Å². The van der Waals surface area contributed by atoms with Crippen molar-refractivity contribution in [1.82, 2.24) is 5.32 Å². The van der Waals surface area contributed by atoms with Crippen molar-refractivity contribution in [2.24, 2.45) is 0 Å². The van der Waals surface area contributed by atoms with E-state index < -0.39 is 12.2 Å². The Balaban J connectivity index is 2.63. The molecule has 0 saturated heterocycles. The summed E-state index contributed by atoms with van der Waals surface area (Å²) in [6.45, 7) is 0.169. The summed E-state index contributed by atoms with van der Waals surface area (Å²) in [6.07, 6.45) is -0.537. The van der Waals surface area contributed by atoms with Crippen LogP contribution in [0.4, 0.5) is 0 Å². The number of methoxy groups -OCH3 is 2. The van der Waals surface area contributed by atoms with Crippen LogP contribution in [0.25, 0.3) is 0 Å². The molecule has 0 aromatic heterocycles. The molecular formula is C11H15NO5. The average Bonchev–Trinajstić information content (AvgIpc) is 2.28. The van der Waals surface area contributed by atoms with Gasteiger partial charge in [0.1, 0.15) is 11.5 Å². The molecule has 0 radical (unpaired) electrons. The summed E-state index contributed by atoms with van der Waals surface area (Å²) in [5.74, 6) is -0.786. The molecule has 94 valence electrons. The maximum atomic E-state index is 11.6. The van der Waals surface area contributed by atoms with Crippen molar-refractivity contribution >= 4 is 5.91 Å². The molecule has 0 atom stereocenters. The van der Waals surface area contributed by atoms with Gasteiger partial charge in [-0.1, -0.05) is 0 Å². The highest BCUT2D eigenvalue weighted by Gasteiger charge is 2.11. The Kier molecular flexibility index (Phi) is 4.74. The number of nitrogens with one attached hydrogen (secondary N) is 1. The van der Waals surface area contributed by atoms with Crippen molar-refractivity contribution in [2.45, 2.75) is 6.29 Å². The Bertz CT molecular complexity index is 369. The minimum atomic E-state index is -0.537. The molecule has 1 aromatic carbocycles. The zero-order valence-electron chi connectivity index (χ0n) is 9.64. The van der Waals surface area contributed by atoms with E-state index in [4.69, 9.17) is 9.47 Å². The molecule has 0 heterocycles. The second-order valence-electron chi connectivity index (χ2n) is 3.35. The van der Waals surface area contributed by atoms with Crippen molar-refractivity contribution in [2.75, 3.05) is 20.8 Å². The van der Waals surface area contributed by atoms with Crippen molar-refractivity contribution in [1.29, 1.82) is 0 Å². The van der Waals surface area contributed by atoms with E-state index >= 15 is 0 Å². The lowest BCUT2D eigenvalue weighted by Crippen LogP contribution is -2.34. The maximum absolute atomic E-state index is 11.6. The molecule has 6 nitrogen and oxygen atoms in total. The fourth-order valence-electron chi connectivity index (χ4n) is 1.27. The van der Waals surface area contributed by atoms with Crippen LogP contribution >= 0.6 is 0 Å². The van der Waals surface area contributed by atoms with Gasteiger partial charge >= 0.3 is 0 Å². The van der Waals surface area contributed by atoms with Crippen LogP contribution in [0.5, 0.6) is 11.5 Å². The van der Waals surface area contributed by atoms with Crippen LogP contribution in [0.1, 0.15) is 10.4 Å². The first-order chi connectivity index (χ1) is 8.06. The fraction of sp³-hybridized carbons (Fsp3) is 0.364. The third kappa shape index (κ3) is 3.93. The molecule has 6 heteroatoms. The van der Waals surface area contributed by atoms with Gasteiger partial charge in [-0.2, -0.15) is 0 Å². The number of aromatic hydroxyl groups is 2. The van der Waals surface area contributed by atoms with Gasteiger partial charge in [-0.25, -0.2) is 0 Å². The van der Waals surface area contributed by atoms with E-state index in [1.165, 1.54) is 26.4 Å². The molecule has 0 aliphatic carbocycles. The molecular weight excluding hydrogens is 226 g/mol. The summed E-state index contributed by atoms with van der Waals surface area (Å²) in [6, 6.07) is 3.65. The van der Waals surface area contributed by atoms with E-state index in [2.05, 4.69) is 5.32 Å². The maximum Gasteiger partial charge on any atom is 0.251 e. The number of benzene rings is 1. The zero-order valence-corrected chi connectivity index (χ0v) is 9.64. The number of phenolic OH excluding ortho intramolecular Hbond substituents is 2.